The van der Waals surface area contributed by atoms with Crippen molar-refractivity contribution in [3.8, 4) is 0 Å². The Morgan fingerprint density at radius 2 is 2.06 bits per heavy atom. The Labute approximate surface area is 111 Å². The van der Waals surface area contributed by atoms with Gasteiger partial charge in [0.25, 0.3) is 5.56 Å². The number of hydrogen-bond acceptors (Lipinski definition) is 4. The van der Waals surface area contributed by atoms with Crippen molar-refractivity contribution in [1.82, 2.24) is 14.5 Å². The molecule has 102 valence electrons. The van der Waals surface area contributed by atoms with E-state index in [0.717, 1.165) is 16.7 Å². The molecule has 6 heteroatoms. The van der Waals surface area contributed by atoms with Crippen LogP contribution in [0.25, 0.3) is 0 Å². The number of aryl methyl sites for hydroxylation is 1. The molecule has 0 radical (unpaired) electrons. The zero-order chi connectivity index (χ0) is 13.7. The Bertz CT molecular complexity index is 507. The third-order valence-electron chi connectivity index (χ3n) is 2.96. The molecule has 1 aromatic rings. The maximum Gasteiger partial charge on any atom is 0.330 e. The highest BCUT2D eigenvalue weighted by Gasteiger charge is 2.09. The molecule has 1 unspecified atom stereocenters. The Balaban J connectivity index is 2.86. The molecule has 0 aromatic carbocycles. The smallest absolute Gasteiger partial charge is 0.309 e. The van der Waals surface area contributed by atoms with Gasteiger partial charge in [0, 0.05) is 44.2 Å². The quantitative estimate of drug-likeness (QED) is 0.809. The van der Waals surface area contributed by atoms with E-state index in [4.69, 9.17) is 0 Å². The van der Waals surface area contributed by atoms with Gasteiger partial charge in [0.2, 0.25) is 0 Å². The SMILES string of the molecule is CCC(CSC)NCc1cn(C)c(=O)n(C)c1=O. The first-order valence-corrected chi connectivity index (χ1v) is 7.38. The van der Waals surface area contributed by atoms with Gasteiger partial charge in [0.05, 0.1) is 0 Å². The molecule has 1 aromatic heterocycles. The fraction of sp³-hybridized carbons (Fsp3) is 0.667. The number of aromatic nitrogens is 2. The molecule has 1 heterocycles. The van der Waals surface area contributed by atoms with Gasteiger partial charge in [-0.15, -0.1) is 0 Å². The van der Waals surface area contributed by atoms with Crippen LogP contribution in [0.1, 0.15) is 18.9 Å². The molecule has 0 saturated heterocycles. The number of hydrogen-bond donors (Lipinski definition) is 1. The van der Waals surface area contributed by atoms with Crippen LogP contribution in [0.5, 0.6) is 0 Å². The highest BCUT2D eigenvalue weighted by atomic mass is 32.2. The zero-order valence-corrected chi connectivity index (χ0v) is 12.2. The highest BCUT2D eigenvalue weighted by Crippen LogP contribution is 2.01. The first kappa shape index (κ1) is 15.0. The van der Waals surface area contributed by atoms with Gasteiger partial charge >= 0.3 is 5.69 Å². The van der Waals surface area contributed by atoms with Crippen molar-refractivity contribution in [3.63, 3.8) is 0 Å². The van der Waals surface area contributed by atoms with Gasteiger partial charge in [-0.3, -0.25) is 9.36 Å². The van der Waals surface area contributed by atoms with Crippen molar-refractivity contribution in [1.29, 1.82) is 0 Å². The van der Waals surface area contributed by atoms with E-state index in [-0.39, 0.29) is 11.2 Å². The number of nitrogens with zero attached hydrogens (tertiary/aromatic N) is 2. The summed E-state index contributed by atoms with van der Waals surface area (Å²) in [5, 5.41) is 3.35. The topological polar surface area (TPSA) is 56.0 Å². The largest absolute Gasteiger partial charge is 0.330 e. The highest BCUT2D eigenvalue weighted by molar-refractivity contribution is 7.98. The Hall–Kier alpha value is -1.01. The van der Waals surface area contributed by atoms with Crippen molar-refractivity contribution >= 4 is 11.8 Å². The van der Waals surface area contributed by atoms with E-state index in [0.29, 0.717) is 18.2 Å². The molecule has 0 spiro atoms. The summed E-state index contributed by atoms with van der Waals surface area (Å²) >= 11 is 1.78. The van der Waals surface area contributed by atoms with Crippen LogP contribution in [-0.4, -0.2) is 27.2 Å². The lowest BCUT2D eigenvalue weighted by Crippen LogP contribution is -2.40. The lowest BCUT2D eigenvalue weighted by Gasteiger charge is -2.16. The summed E-state index contributed by atoms with van der Waals surface area (Å²) in [5.74, 6) is 1.02. The van der Waals surface area contributed by atoms with Gasteiger partial charge in [-0.1, -0.05) is 6.92 Å². The molecule has 5 nitrogen and oxygen atoms in total. The number of nitrogens with one attached hydrogen (secondary N) is 1. The van der Waals surface area contributed by atoms with E-state index in [1.165, 1.54) is 11.6 Å². The summed E-state index contributed by atoms with van der Waals surface area (Å²) < 4.78 is 2.58. The van der Waals surface area contributed by atoms with Gasteiger partial charge in [0.15, 0.2) is 0 Å². The van der Waals surface area contributed by atoms with Crippen LogP contribution in [0, 0.1) is 0 Å². The van der Waals surface area contributed by atoms with Crippen LogP contribution in [0.15, 0.2) is 15.8 Å². The average Bonchev–Trinajstić information content (AvgIpc) is 2.37. The fourth-order valence-corrected chi connectivity index (χ4v) is 2.54. The first-order valence-electron chi connectivity index (χ1n) is 5.99. The summed E-state index contributed by atoms with van der Waals surface area (Å²) in [7, 11) is 3.16. The Kier molecular flexibility index (Phi) is 5.68. The first-order chi connectivity index (χ1) is 8.51. The van der Waals surface area contributed by atoms with Gasteiger partial charge in [-0.25, -0.2) is 4.79 Å². The monoisotopic (exact) mass is 271 g/mol. The summed E-state index contributed by atoms with van der Waals surface area (Å²) in [5.41, 5.74) is 0.115. The number of thioether (sulfide) groups is 1. The van der Waals surface area contributed by atoms with Crippen molar-refractivity contribution in [2.24, 2.45) is 14.1 Å². The molecular formula is C12H21N3O2S. The van der Waals surface area contributed by atoms with Gasteiger partial charge in [-0.2, -0.15) is 11.8 Å². The maximum absolute atomic E-state index is 11.9. The second-order valence-corrected chi connectivity index (χ2v) is 5.26. The van der Waals surface area contributed by atoms with Crippen LogP contribution >= 0.6 is 11.8 Å². The van der Waals surface area contributed by atoms with Gasteiger partial charge in [-0.05, 0) is 12.7 Å². The molecule has 1 rings (SSSR count). The molecule has 0 bridgehead atoms. The van der Waals surface area contributed by atoms with Crippen LogP contribution in [0.3, 0.4) is 0 Å². The second-order valence-electron chi connectivity index (χ2n) is 4.35. The lowest BCUT2D eigenvalue weighted by atomic mass is 10.2. The predicted molar refractivity (Wildman–Crippen MR) is 76.2 cm³/mol. The molecule has 0 amide bonds. The van der Waals surface area contributed by atoms with Crippen LogP contribution < -0.4 is 16.6 Å². The Morgan fingerprint density at radius 1 is 1.39 bits per heavy atom. The van der Waals surface area contributed by atoms with Crippen LogP contribution in [0.4, 0.5) is 0 Å². The summed E-state index contributed by atoms with van der Waals surface area (Å²) in [6, 6.07) is 0.391. The predicted octanol–water partition coefficient (Wildman–Crippen LogP) is 0.315. The fourth-order valence-electron chi connectivity index (χ4n) is 1.78. The van der Waals surface area contributed by atoms with Crippen molar-refractivity contribution < 1.29 is 0 Å². The van der Waals surface area contributed by atoms with Gasteiger partial charge < -0.3 is 9.88 Å². The van der Waals surface area contributed by atoms with E-state index in [9.17, 15) is 9.59 Å². The zero-order valence-electron chi connectivity index (χ0n) is 11.4. The van der Waals surface area contributed by atoms with E-state index in [1.54, 1.807) is 25.0 Å². The molecule has 18 heavy (non-hydrogen) atoms. The number of rotatable bonds is 6. The van der Waals surface area contributed by atoms with Crippen molar-refractivity contribution in [2.45, 2.75) is 25.9 Å². The molecular weight excluding hydrogens is 250 g/mol. The second kappa shape index (κ2) is 6.80. The standard InChI is InChI=1S/C12H21N3O2S/c1-5-10(8-18-4)13-6-9-7-14(2)12(17)15(3)11(9)16/h7,10,13H,5-6,8H2,1-4H3. The van der Waals surface area contributed by atoms with Crippen LogP contribution in [-0.2, 0) is 20.6 Å². The molecule has 0 aliphatic heterocycles. The third kappa shape index (κ3) is 3.49. The minimum absolute atomic E-state index is 0.218. The molecule has 0 aliphatic rings. The van der Waals surface area contributed by atoms with Gasteiger partial charge in [0.1, 0.15) is 0 Å². The minimum Gasteiger partial charge on any atom is -0.309 e. The maximum atomic E-state index is 11.9. The van der Waals surface area contributed by atoms with E-state index < -0.39 is 0 Å². The lowest BCUT2D eigenvalue weighted by molar-refractivity contribution is 0.531. The minimum atomic E-state index is -0.292. The molecule has 1 N–H and O–H groups in total. The molecule has 1 atom stereocenters. The van der Waals surface area contributed by atoms with Crippen LogP contribution in [0.2, 0.25) is 0 Å². The van der Waals surface area contributed by atoms with E-state index >= 15 is 0 Å². The Morgan fingerprint density at radius 3 is 2.61 bits per heavy atom. The summed E-state index contributed by atoms with van der Waals surface area (Å²) in [6.45, 7) is 2.62. The normalized spacial score (nSPS) is 12.7. The van der Waals surface area contributed by atoms with Crippen molar-refractivity contribution in [2.75, 3.05) is 12.0 Å². The third-order valence-corrected chi connectivity index (χ3v) is 3.70. The van der Waals surface area contributed by atoms with E-state index in [1.807, 2.05) is 0 Å². The molecule has 0 fully saturated rings. The summed E-state index contributed by atoms with van der Waals surface area (Å²) in [6.07, 6.45) is 4.70. The van der Waals surface area contributed by atoms with Crippen molar-refractivity contribution in [3.05, 3.63) is 32.6 Å². The molecule has 0 aliphatic carbocycles. The van der Waals surface area contributed by atoms with E-state index in [2.05, 4.69) is 18.5 Å². The molecule has 0 saturated carbocycles. The summed E-state index contributed by atoms with van der Waals surface area (Å²) in [4.78, 5) is 23.4. The average molecular weight is 271 g/mol.